The van der Waals surface area contributed by atoms with Gasteiger partial charge in [0.15, 0.2) is 0 Å². The number of nitrogens with one attached hydrogen (secondary N) is 1. The Labute approximate surface area is 98.1 Å². The number of carbonyl (C=O) groups excluding carboxylic acids is 1. The molecular formula is C13H10N2O2. The molecule has 0 aliphatic heterocycles. The maximum absolute atomic E-state index is 11.6. The van der Waals surface area contributed by atoms with E-state index in [9.17, 15) is 4.79 Å². The number of benzene rings is 1. The Morgan fingerprint density at radius 2 is 2.35 bits per heavy atom. The minimum absolute atomic E-state index is 0.387. The minimum Gasteiger partial charge on any atom is -0.465 e. The average molecular weight is 226 g/mol. The summed E-state index contributed by atoms with van der Waals surface area (Å²) in [5.41, 5.74) is 2.11. The van der Waals surface area contributed by atoms with Crippen molar-refractivity contribution in [3.63, 3.8) is 0 Å². The Morgan fingerprint density at radius 1 is 1.53 bits per heavy atom. The lowest BCUT2D eigenvalue weighted by Gasteiger charge is -2.03. The molecule has 17 heavy (non-hydrogen) atoms. The zero-order valence-electron chi connectivity index (χ0n) is 9.23. The van der Waals surface area contributed by atoms with Crippen LogP contribution < -0.4 is 0 Å². The summed E-state index contributed by atoms with van der Waals surface area (Å²) in [7, 11) is 1.35. The lowest BCUT2D eigenvalue weighted by molar-refractivity contribution is 0.0603. The Morgan fingerprint density at radius 3 is 3.06 bits per heavy atom. The van der Waals surface area contributed by atoms with E-state index in [1.54, 1.807) is 18.3 Å². The summed E-state index contributed by atoms with van der Waals surface area (Å²) >= 11 is 0. The summed E-state index contributed by atoms with van der Waals surface area (Å²) in [6, 6.07) is 7.31. The maximum atomic E-state index is 11.6. The second kappa shape index (κ2) is 4.54. The third kappa shape index (κ3) is 2.04. The van der Waals surface area contributed by atoms with Crippen molar-refractivity contribution in [3.8, 4) is 6.07 Å². The smallest absolute Gasteiger partial charge is 0.338 e. The van der Waals surface area contributed by atoms with Crippen molar-refractivity contribution >= 4 is 22.9 Å². The number of aromatic amines is 1. The molecule has 0 bridgehead atoms. The predicted octanol–water partition coefficient (Wildman–Crippen LogP) is 2.49. The number of fused-ring (bicyclic) bond motifs is 1. The highest BCUT2D eigenvalue weighted by atomic mass is 16.5. The van der Waals surface area contributed by atoms with E-state index in [0.29, 0.717) is 5.56 Å². The molecule has 0 aliphatic carbocycles. The van der Waals surface area contributed by atoms with Gasteiger partial charge in [-0.05, 0) is 29.8 Å². The molecule has 0 atom stereocenters. The summed E-state index contributed by atoms with van der Waals surface area (Å²) in [5, 5.41) is 9.30. The van der Waals surface area contributed by atoms with E-state index in [2.05, 4.69) is 4.98 Å². The summed E-state index contributed by atoms with van der Waals surface area (Å²) in [6.07, 6.45) is 4.77. The monoisotopic (exact) mass is 226 g/mol. The number of esters is 1. The largest absolute Gasteiger partial charge is 0.465 e. The number of rotatable bonds is 2. The molecule has 84 valence electrons. The quantitative estimate of drug-likeness (QED) is 0.632. The van der Waals surface area contributed by atoms with Crippen LogP contribution in [0.15, 0.2) is 30.5 Å². The topological polar surface area (TPSA) is 65.9 Å². The fraction of sp³-hybridized carbons (Fsp3) is 0.0769. The van der Waals surface area contributed by atoms with E-state index in [-0.39, 0.29) is 5.97 Å². The zero-order chi connectivity index (χ0) is 12.3. The number of hydrogen-bond acceptors (Lipinski definition) is 3. The predicted molar refractivity (Wildman–Crippen MR) is 64.3 cm³/mol. The van der Waals surface area contributed by atoms with E-state index < -0.39 is 0 Å². The number of methoxy groups -OCH3 is 1. The minimum atomic E-state index is -0.387. The highest BCUT2D eigenvalue weighted by Gasteiger charge is 2.11. The number of nitriles is 1. The van der Waals surface area contributed by atoms with Crippen LogP contribution in [0.25, 0.3) is 17.0 Å². The number of allylic oxidation sites excluding steroid dienone is 1. The van der Waals surface area contributed by atoms with Crippen LogP contribution in [-0.2, 0) is 4.74 Å². The van der Waals surface area contributed by atoms with E-state index in [0.717, 1.165) is 16.5 Å². The molecule has 2 rings (SSSR count). The Bertz CT molecular complexity index is 632. The number of aromatic nitrogens is 1. The van der Waals surface area contributed by atoms with Crippen molar-refractivity contribution in [3.05, 3.63) is 41.6 Å². The molecule has 4 nitrogen and oxygen atoms in total. The summed E-state index contributed by atoms with van der Waals surface area (Å²) in [6.45, 7) is 0. The molecule has 0 fully saturated rings. The number of nitrogens with zero attached hydrogens (tertiary/aromatic N) is 1. The van der Waals surface area contributed by atoms with E-state index in [1.165, 1.54) is 13.2 Å². The molecule has 0 radical (unpaired) electrons. The van der Waals surface area contributed by atoms with Gasteiger partial charge in [-0.25, -0.2) is 4.79 Å². The molecule has 1 N–H and O–H groups in total. The van der Waals surface area contributed by atoms with Gasteiger partial charge < -0.3 is 9.72 Å². The fourth-order valence-corrected chi connectivity index (χ4v) is 1.70. The lowest BCUT2D eigenvalue weighted by Crippen LogP contribution is -2.02. The number of H-pyrrole nitrogens is 1. The number of hydrogen-bond donors (Lipinski definition) is 1. The number of ether oxygens (including phenoxy) is 1. The molecular weight excluding hydrogens is 216 g/mol. The summed E-state index contributed by atoms with van der Waals surface area (Å²) in [5.74, 6) is -0.387. The second-order valence-corrected chi connectivity index (χ2v) is 3.46. The molecule has 1 aromatic heterocycles. The number of carbonyl (C=O) groups is 1. The van der Waals surface area contributed by atoms with Crippen molar-refractivity contribution in [1.29, 1.82) is 5.26 Å². The van der Waals surface area contributed by atoms with Crippen LogP contribution in [-0.4, -0.2) is 18.1 Å². The molecule has 0 saturated carbocycles. The summed E-state index contributed by atoms with van der Waals surface area (Å²) < 4.78 is 4.73. The van der Waals surface area contributed by atoms with Crippen LogP contribution in [0.2, 0.25) is 0 Å². The van der Waals surface area contributed by atoms with Crippen molar-refractivity contribution < 1.29 is 9.53 Å². The maximum Gasteiger partial charge on any atom is 0.338 e. The second-order valence-electron chi connectivity index (χ2n) is 3.46. The molecule has 2 aromatic rings. The van der Waals surface area contributed by atoms with Crippen molar-refractivity contribution in [1.82, 2.24) is 4.98 Å². The standard InChI is InChI=1S/C13H10N2O2/c1-17-13(16)11-7-9(3-2-5-14)8-12-10(11)4-6-15-12/h2-4,6-8,15H,1H3. The van der Waals surface area contributed by atoms with Crippen LogP contribution in [0.4, 0.5) is 0 Å². The van der Waals surface area contributed by atoms with E-state index in [4.69, 9.17) is 10.00 Å². The SMILES string of the molecule is COC(=O)c1cc(C=CC#N)cc2[nH]ccc12. The first-order chi connectivity index (χ1) is 8.26. The highest BCUT2D eigenvalue weighted by molar-refractivity contribution is 6.04. The van der Waals surface area contributed by atoms with Crippen molar-refractivity contribution in [2.45, 2.75) is 0 Å². The third-order valence-electron chi connectivity index (χ3n) is 2.45. The Kier molecular flexibility index (Phi) is 2.93. The normalized spacial score (nSPS) is 10.6. The Balaban J connectivity index is 2.63. The molecule has 0 unspecified atom stereocenters. The molecule has 0 aliphatic rings. The van der Waals surface area contributed by atoms with Gasteiger partial charge in [0.1, 0.15) is 0 Å². The first kappa shape index (κ1) is 11.0. The van der Waals surface area contributed by atoms with Gasteiger partial charge in [0.05, 0.1) is 18.7 Å². The average Bonchev–Trinajstić information content (AvgIpc) is 2.82. The van der Waals surface area contributed by atoms with Crippen LogP contribution >= 0.6 is 0 Å². The Hall–Kier alpha value is -2.54. The molecule has 0 amide bonds. The molecule has 1 heterocycles. The van der Waals surface area contributed by atoms with Gasteiger partial charge in [-0.2, -0.15) is 5.26 Å². The van der Waals surface area contributed by atoms with Crippen LogP contribution in [0, 0.1) is 11.3 Å². The molecule has 0 saturated heterocycles. The zero-order valence-corrected chi connectivity index (χ0v) is 9.23. The molecule has 4 heteroatoms. The first-order valence-corrected chi connectivity index (χ1v) is 5.02. The van der Waals surface area contributed by atoms with Crippen molar-refractivity contribution in [2.75, 3.05) is 7.11 Å². The van der Waals surface area contributed by atoms with E-state index in [1.807, 2.05) is 18.2 Å². The molecule has 0 spiro atoms. The highest BCUT2D eigenvalue weighted by Crippen LogP contribution is 2.21. The van der Waals surface area contributed by atoms with Crippen LogP contribution in [0.3, 0.4) is 0 Å². The van der Waals surface area contributed by atoms with Gasteiger partial charge in [-0.3, -0.25) is 0 Å². The fourth-order valence-electron chi connectivity index (χ4n) is 1.70. The van der Waals surface area contributed by atoms with Gasteiger partial charge in [-0.15, -0.1) is 0 Å². The van der Waals surface area contributed by atoms with Gasteiger partial charge in [0.2, 0.25) is 0 Å². The van der Waals surface area contributed by atoms with Gasteiger partial charge in [-0.1, -0.05) is 0 Å². The van der Waals surface area contributed by atoms with Crippen molar-refractivity contribution in [2.24, 2.45) is 0 Å². The van der Waals surface area contributed by atoms with Gasteiger partial charge >= 0.3 is 5.97 Å². The van der Waals surface area contributed by atoms with Crippen LogP contribution in [0.1, 0.15) is 15.9 Å². The third-order valence-corrected chi connectivity index (χ3v) is 2.45. The van der Waals surface area contributed by atoms with Crippen LogP contribution in [0.5, 0.6) is 0 Å². The first-order valence-electron chi connectivity index (χ1n) is 5.02. The lowest BCUT2D eigenvalue weighted by atomic mass is 10.1. The van der Waals surface area contributed by atoms with Gasteiger partial charge in [0.25, 0.3) is 0 Å². The summed E-state index contributed by atoms with van der Waals surface area (Å²) in [4.78, 5) is 14.7. The molecule has 1 aromatic carbocycles. The van der Waals surface area contributed by atoms with Gasteiger partial charge in [0, 0.05) is 23.2 Å². The van der Waals surface area contributed by atoms with E-state index >= 15 is 0 Å².